The van der Waals surface area contributed by atoms with E-state index < -0.39 is 6.10 Å². The van der Waals surface area contributed by atoms with Crippen LogP contribution in [0.15, 0.2) is 42.6 Å². The molecule has 0 spiro atoms. The highest BCUT2D eigenvalue weighted by atomic mass is 16.3. The molecular weight excluding hydrogens is 236 g/mol. The van der Waals surface area contributed by atoms with Gasteiger partial charge in [-0.1, -0.05) is 50.8 Å². The summed E-state index contributed by atoms with van der Waals surface area (Å²) < 4.78 is 1.81. The summed E-state index contributed by atoms with van der Waals surface area (Å²) in [7, 11) is 0. The van der Waals surface area contributed by atoms with Gasteiger partial charge in [-0.15, -0.1) is 0 Å². The van der Waals surface area contributed by atoms with Gasteiger partial charge in [-0.05, 0) is 24.6 Å². The SMILES string of the molecule is CCCCCCC(O)c1ccn(-c2ccccc2)n1. The van der Waals surface area contributed by atoms with Crippen LogP contribution in [0.2, 0.25) is 0 Å². The molecule has 2 aromatic rings. The Kier molecular flexibility index (Phi) is 5.16. The maximum Gasteiger partial charge on any atom is 0.0978 e. The van der Waals surface area contributed by atoms with E-state index in [2.05, 4.69) is 12.0 Å². The van der Waals surface area contributed by atoms with Crippen molar-refractivity contribution in [2.45, 2.75) is 45.1 Å². The van der Waals surface area contributed by atoms with E-state index in [-0.39, 0.29) is 0 Å². The van der Waals surface area contributed by atoms with E-state index in [0.717, 1.165) is 24.2 Å². The van der Waals surface area contributed by atoms with Gasteiger partial charge in [0.15, 0.2) is 0 Å². The Morgan fingerprint density at radius 1 is 1.11 bits per heavy atom. The first-order valence-corrected chi connectivity index (χ1v) is 7.10. The number of aromatic nitrogens is 2. The third-order valence-electron chi connectivity index (χ3n) is 3.30. The van der Waals surface area contributed by atoms with Crippen molar-refractivity contribution >= 4 is 0 Å². The van der Waals surface area contributed by atoms with Crippen molar-refractivity contribution in [1.82, 2.24) is 9.78 Å². The molecule has 0 bridgehead atoms. The minimum atomic E-state index is -0.443. The van der Waals surface area contributed by atoms with Crippen LogP contribution in [0.25, 0.3) is 5.69 Å². The van der Waals surface area contributed by atoms with Crippen LogP contribution in [0.5, 0.6) is 0 Å². The molecule has 0 amide bonds. The van der Waals surface area contributed by atoms with Gasteiger partial charge in [0, 0.05) is 6.20 Å². The van der Waals surface area contributed by atoms with E-state index >= 15 is 0 Å². The smallest absolute Gasteiger partial charge is 0.0978 e. The van der Waals surface area contributed by atoms with E-state index in [9.17, 15) is 5.11 Å². The second-order valence-corrected chi connectivity index (χ2v) is 4.89. The first-order chi connectivity index (χ1) is 9.31. The normalized spacial score (nSPS) is 12.5. The minimum absolute atomic E-state index is 0.443. The highest BCUT2D eigenvalue weighted by Gasteiger charge is 2.10. The highest BCUT2D eigenvalue weighted by molar-refractivity contribution is 5.30. The van der Waals surface area contributed by atoms with Crippen molar-refractivity contribution in [3.05, 3.63) is 48.3 Å². The van der Waals surface area contributed by atoms with Gasteiger partial charge in [-0.3, -0.25) is 0 Å². The van der Waals surface area contributed by atoms with Crippen LogP contribution < -0.4 is 0 Å². The predicted octanol–water partition coefficient (Wildman–Crippen LogP) is 3.88. The molecule has 0 aliphatic rings. The van der Waals surface area contributed by atoms with Crippen molar-refractivity contribution in [3.8, 4) is 5.69 Å². The Morgan fingerprint density at radius 3 is 2.63 bits per heavy atom. The zero-order valence-electron chi connectivity index (χ0n) is 11.5. The van der Waals surface area contributed by atoms with Crippen molar-refractivity contribution in [2.75, 3.05) is 0 Å². The quantitative estimate of drug-likeness (QED) is 0.765. The Labute approximate surface area is 114 Å². The zero-order chi connectivity index (χ0) is 13.5. The van der Waals surface area contributed by atoms with E-state index in [1.807, 2.05) is 47.3 Å². The van der Waals surface area contributed by atoms with Crippen molar-refractivity contribution in [2.24, 2.45) is 0 Å². The fourth-order valence-corrected chi connectivity index (χ4v) is 2.15. The summed E-state index contributed by atoms with van der Waals surface area (Å²) in [6.07, 6.45) is 6.97. The van der Waals surface area contributed by atoms with E-state index in [0.29, 0.717) is 0 Å². The fourth-order valence-electron chi connectivity index (χ4n) is 2.15. The van der Waals surface area contributed by atoms with Gasteiger partial charge in [0.05, 0.1) is 17.5 Å². The summed E-state index contributed by atoms with van der Waals surface area (Å²) in [5, 5.41) is 14.6. The summed E-state index contributed by atoms with van der Waals surface area (Å²) in [5.41, 5.74) is 1.78. The lowest BCUT2D eigenvalue weighted by Gasteiger charge is -2.07. The van der Waals surface area contributed by atoms with Crippen molar-refractivity contribution in [1.29, 1.82) is 0 Å². The number of hydrogen-bond acceptors (Lipinski definition) is 2. The van der Waals surface area contributed by atoms with Gasteiger partial charge in [0.2, 0.25) is 0 Å². The third-order valence-corrected chi connectivity index (χ3v) is 3.30. The van der Waals surface area contributed by atoms with Gasteiger partial charge in [0.1, 0.15) is 0 Å². The maximum atomic E-state index is 10.1. The van der Waals surface area contributed by atoms with E-state index in [4.69, 9.17) is 0 Å². The van der Waals surface area contributed by atoms with Gasteiger partial charge in [0.25, 0.3) is 0 Å². The average Bonchev–Trinajstić information content (AvgIpc) is 2.94. The molecule has 0 radical (unpaired) electrons. The lowest BCUT2D eigenvalue weighted by Crippen LogP contribution is -2.01. The Bertz CT molecular complexity index is 479. The number of rotatable bonds is 7. The molecule has 1 aromatic carbocycles. The van der Waals surface area contributed by atoms with Gasteiger partial charge in [-0.2, -0.15) is 5.10 Å². The third kappa shape index (κ3) is 3.93. The number of benzene rings is 1. The van der Waals surface area contributed by atoms with E-state index in [1.165, 1.54) is 19.3 Å². The van der Waals surface area contributed by atoms with Crippen LogP contribution in [0.1, 0.15) is 50.8 Å². The van der Waals surface area contributed by atoms with Crippen LogP contribution in [0, 0.1) is 0 Å². The highest BCUT2D eigenvalue weighted by Crippen LogP contribution is 2.19. The molecule has 0 aliphatic heterocycles. The average molecular weight is 258 g/mol. The molecule has 0 saturated heterocycles. The molecule has 2 rings (SSSR count). The minimum Gasteiger partial charge on any atom is -0.387 e. The van der Waals surface area contributed by atoms with Gasteiger partial charge in [-0.25, -0.2) is 4.68 Å². The summed E-state index contributed by atoms with van der Waals surface area (Å²) in [5.74, 6) is 0. The first kappa shape index (κ1) is 13.8. The fraction of sp³-hybridized carbons (Fsp3) is 0.438. The molecule has 3 nitrogen and oxygen atoms in total. The molecular formula is C16H22N2O. The summed E-state index contributed by atoms with van der Waals surface area (Å²) >= 11 is 0. The standard InChI is InChI=1S/C16H22N2O/c1-2-3-4-8-11-16(19)15-12-13-18(17-15)14-9-6-5-7-10-14/h5-7,9-10,12-13,16,19H,2-4,8,11H2,1H3. The maximum absolute atomic E-state index is 10.1. The van der Waals surface area contributed by atoms with Crippen LogP contribution in [0.3, 0.4) is 0 Å². The van der Waals surface area contributed by atoms with Gasteiger partial charge >= 0.3 is 0 Å². The number of aliphatic hydroxyl groups is 1. The number of unbranched alkanes of at least 4 members (excludes halogenated alkanes) is 3. The largest absolute Gasteiger partial charge is 0.387 e. The molecule has 3 heteroatoms. The molecule has 1 heterocycles. The second kappa shape index (κ2) is 7.10. The molecule has 0 saturated carbocycles. The molecule has 102 valence electrons. The molecule has 1 aromatic heterocycles. The summed E-state index contributed by atoms with van der Waals surface area (Å²) in [6.45, 7) is 2.19. The second-order valence-electron chi connectivity index (χ2n) is 4.89. The number of aliphatic hydroxyl groups excluding tert-OH is 1. The lowest BCUT2D eigenvalue weighted by atomic mass is 10.1. The molecule has 0 fully saturated rings. The molecule has 1 unspecified atom stereocenters. The van der Waals surface area contributed by atoms with Crippen LogP contribution in [-0.2, 0) is 0 Å². The zero-order valence-corrected chi connectivity index (χ0v) is 11.5. The number of para-hydroxylation sites is 1. The van der Waals surface area contributed by atoms with Crippen LogP contribution in [-0.4, -0.2) is 14.9 Å². The molecule has 1 N–H and O–H groups in total. The van der Waals surface area contributed by atoms with Crippen LogP contribution >= 0.6 is 0 Å². The molecule has 1 atom stereocenters. The monoisotopic (exact) mass is 258 g/mol. The Balaban J connectivity index is 1.93. The van der Waals surface area contributed by atoms with Crippen LogP contribution in [0.4, 0.5) is 0 Å². The van der Waals surface area contributed by atoms with Crippen molar-refractivity contribution < 1.29 is 5.11 Å². The molecule has 0 aliphatic carbocycles. The van der Waals surface area contributed by atoms with Crippen molar-refractivity contribution in [3.63, 3.8) is 0 Å². The summed E-state index contributed by atoms with van der Waals surface area (Å²) in [6, 6.07) is 11.9. The summed E-state index contributed by atoms with van der Waals surface area (Å²) in [4.78, 5) is 0. The predicted molar refractivity (Wildman–Crippen MR) is 77.3 cm³/mol. The topological polar surface area (TPSA) is 38.0 Å². The first-order valence-electron chi connectivity index (χ1n) is 7.10. The Hall–Kier alpha value is -1.61. The van der Waals surface area contributed by atoms with E-state index in [1.54, 1.807) is 0 Å². The molecule has 19 heavy (non-hydrogen) atoms. The van der Waals surface area contributed by atoms with Gasteiger partial charge < -0.3 is 5.11 Å². The Morgan fingerprint density at radius 2 is 1.89 bits per heavy atom. The number of hydrogen-bond donors (Lipinski definition) is 1. The number of nitrogens with zero attached hydrogens (tertiary/aromatic N) is 2. The lowest BCUT2D eigenvalue weighted by molar-refractivity contribution is 0.158.